The summed E-state index contributed by atoms with van der Waals surface area (Å²) in [4.78, 5) is 15.0. The molecular weight excluding hydrogens is 332 g/mol. The molecule has 1 aromatic carbocycles. The van der Waals surface area contributed by atoms with E-state index in [2.05, 4.69) is 9.59 Å². The number of hydrogen-bond acceptors (Lipinski definition) is 4. The molecule has 1 saturated heterocycles. The first-order valence-corrected chi connectivity index (χ1v) is 8.84. The number of nitrogens with zero attached hydrogens (tertiary/aromatic N) is 3. The molecule has 0 spiro atoms. The normalized spacial score (nSPS) is 18.0. The molecule has 0 unspecified atom stereocenters. The molecule has 1 aliphatic rings. The Hall–Kier alpha value is -1.89. The summed E-state index contributed by atoms with van der Waals surface area (Å²) in [5, 5.41) is 3.90. The lowest BCUT2D eigenvalue weighted by molar-refractivity contribution is 0.0672. The van der Waals surface area contributed by atoms with Gasteiger partial charge in [0.25, 0.3) is 5.91 Å². The second-order valence-electron chi connectivity index (χ2n) is 6.23. The summed E-state index contributed by atoms with van der Waals surface area (Å²) in [7, 11) is 0. The number of hydrogen-bond donors (Lipinski definition) is 0. The summed E-state index contributed by atoms with van der Waals surface area (Å²) in [5.41, 5.74) is 1.47. The fraction of sp³-hybridized carbons (Fsp3) is 0.471. The zero-order valence-electron chi connectivity index (χ0n) is 13.5. The zero-order valence-corrected chi connectivity index (χ0v) is 14.3. The van der Waals surface area contributed by atoms with Crippen molar-refractivity contribution in [1.29, 1.82) is 0 Å². The molecule has 4 nitrogen and oxygen atoms in total. The molecule has 1 fully saturated rings. The molecule has 0 aliphatic carbocycles. The largest absolute Gasteiger partial charge is 0.338 e. The average Bonchev–Trinajstić information content (AvgIpc) is 3.01. The van der Waals surface area contributed by atoms with Gasteiger partial charge < -0.3 is 4.90 Å². The van der Waals surface area contributed by atoms with Gasteiger partial charge in [0, 0.05) is 13.1 Å². The van der Waals surface area contributed by atoms with Gasteiger partial charge in [0.1, 0.15) is 4.88 Å². The van der Waals surface area contributed by atoms with Crippen LogP contribution in [0.1, 0.15) is 40.2 Å². The van der Waals surface area contributed by atoms with E-state index in [1.165, 1.54) is 12.1 Å². The van der Waals surface area contributed by atoms with E-state index in [1.807, 2.05) is 4.90 Å². The second kappa shape index (κ2) is 7.34. The fourth-order valence-corrected chi connectivity index (χ4v) is 3.75. The van der Waals surface area contributed by atoms with Crippen LogP contribution in [-0.4, -0.2) is 33.5 Å². The van der Waals surface area contributed by atoms with E-state index >= 15 is 0 Å². The molecular formula is C17H19F2N3OS. The number of aromatic nitrogens is 2. The Bertz CT molecular complexity index is 734. The van der Waals surface area contributed by atoms with Crippen LogP contribution in [0.4, 0.5) is 8.78 Å². The second-order valence-corrected chi connectivity index (χ2v) is 6.99. The summed E-state index contributed by atoms with van der Waals surface area (Å²) < 4.78 is 30.1. The molecule has 3 rings (SSSR count). The van der Waals surface area contributed by atoms with Gasteiger partial charge in [-0.25, -0.2) is 8.78 Å². The lowest BCUT2D eigenvalue weighted by Gasteiger charge is -2.32. The van der Waals surface area contributed by atoms with Crippen LogP contribution in [0, 0.1) is 24.5 Å². The molecule has 0 bridgehead atoms. The van der Waals surface area contributed by atoms with Gasteiger partial charge in [0.15, 0.2) is 11.6 Å². The third-order valence-corrected chi connectivity index (χ3v) is 5.29. The molecule has 2 aromatic rings. The molecule has 0 radical (unpaired) electrons. The molecule has 24 heavy (non-hydrogen) atoms. The molecule has 128 valence electrons. The van der Waals surface area contributed by atoms with Crippen LogP contribution >= 0.6 is 11.5 Å². The predicted octanol–water partition coefficient (Wildman–Crippen LogP) is 3.61. The van der Waals surface area contributed by atoms with Gasteiger partial charge in [-0.3, -0.25) is 4.79 Å². The van der Waals surface area contributed by atoms with Gasteiger partial charge in [-0.2, -0.15) is 0 Å². The lowest BCUT2D eigenvalue weighted by atomic mass is 9.91. The van der Waals surface area contributed by atoms with Crippen molar-refractivity contribution in [2.45, 2.75) is 32.6 Å². The summed E-state index contributed by atoms with van der Waals surface area (Å²) in [6.07, 6.45) is 3.55. The van der Waals surface area contributed by atoms with Crippen molar-refractivity contribution in [2.24, 2.45) is 5.92 Å². The topological polar surface area (TPSA) is 46.1 Å². The maximum Gasteiger partial charge on any atom is 0.267 e. The minimum absolute atomic E-state index is 0.0000247. The highest BCUT2D eigenvalue weighted by Crippen LogP contribution is 2.24. The number of aryl methyl sites for hydroxylation is 2. The summed E-state index contributed by atoms with van der Waals surface area (Å²) >= 11 is 1.14. The third-order valence-electron chi connectivity index (χ3n) is 4.48. The number of benzene rings is 1. The summed E-state index contributed by atoms with van der Waals surface area (Å²) in [6.45, 7) is 3.24. The van der Waals surface area contributed by atoms with Crippen molar-refractivity contribution >= 4 is 17.4 Å². The minimum atomic E-state index is -0.818. The summed E-state index contributed by atoms with van der Waals surface area (Å²) in [5.74, 6) is -1.25. The number of halogens is 2. The summed E-state index contributed by atoms with van der Waals surface area (Å²) in [6, 6.07) is 4.05. The third kappa shape index (κ3) is 3.77. The van der Waals surface area contributed by atoms with Gasteiger partial charge in [-0.05, 0) is 67.8 Å². The van der Waals surface area contributed by atoms with Crippen LogP contribution in [0.5, 0.6) is 0 Å². The van der Waals surface area contributed by atoms with Gasteiger partial charge in [0.05, 0.1) is 5.69 Å². The monoisotopic (exact) mass is 351 g/mol. The molecule has 1 aromatic heterocycles. The maximum atomic E-state index is 13.3. The van der Waals surface area contributed by atoms with E-state index in [4.69, 9.17) is 0 Å². The molecule has 0 saturated carbocycles. The number of carbonyl (C=O) groups is 1. The Morgan fingerprint density at radius 2 is 2.21 bits per heavy atom. The van der Waals surface area contributed by atoms with E-state index in [-0.39, 0.29) is 5.91 Å². The van der Waals surface area contributed by atoms with Gasteiger partial charge in [0.2, 0.25) is 0 Å². The van der Waals surface area contributed by atoms with E-state index in [0.717, 1.165) is 42.9 Å². The first-order valence-electron chi connectivity index (χ1n) is 8.06. The van der Waals surface area contributed by atoms with E-state index in [0.29, 0.717) is 29.5 Å². The average molecular weight is 351 g/mol. The highest BCUT2D eigenvalue weighted by atomic mass is 32.1. The van der Waals surface area contributed by atoms with Crippen molar-refractivity contribution in [2.75, 3.05) is 13.1 Å². The standard InChI is InChI=1S/C17H19F2N3OS/c1-11-16(24-21-20-11)17(23)22-8-2-3-13(10-22)5-4-12-6-7-14(18)15(19)9-12/h6-7,9,13H,2-5,8,10H2,1H3/t13-/m1/s1. The van der Waals surface area contributed by atoms with Gasteiger partial charge >= 0.3 is 0 Å². The zero-order chi connectivity index (χ0) is 17.1. The quantitative estimate of drug-likeness (QED) is 0.845. The van der Waals surface area contributed by atoms with Crippen molar-refractivity contribution in [3.05, 3.63) is 46.0 Å². The number of likely N-dealkylation sites (tertiary alicyclic amines) is 1. The van der Waals surface area contributed by atoms with Crippen LogP contribution in [0.3, 0.4) is 0 Å². The number of amides is 1. The van der Waals surface area contributed by atoms with Crippen LogP contribution in [-0.2, 0) is 6.42 Å². The van der Waals surface area contributed by atoms with Gasteiger partial charge in [-0.15, -0.1) is 5.10 Å². The molecule has 0 N–H and O–H groups in total. The molecule has 1 amide bonds. The van der Waals surface area contributed by atoms with Crippen molar-refractivity contribution < 1.29 is 13.6 Å². The fourth-order valence-electron chi connectivity index (χ4n) is 3.12. The van der Waals surface area contributed by atoms with E-state index in [9.17, 15) is 13.6 Å². The van der Waals surface area contributed by atoms with Crippen molar-refractivity contribution in [3.8, 4) is 0 Å². The highest BCUT2D eigenvalue weighted by molar-refractivity contribution is 7.07. The lowest BCUT2D eigenvalue weighted by Crippen LogP contribution is -2.40. The number of carbonyl (C=O) groups excluding carboxylic acids is 1. The number of rotatable bonds is 4. The Morgan fingerprint density at radius 3 is 2.92 bits per heavy atom. The highest BCUT2D eigenvalue weighted by Gasteiger charge is 2.26. The predicted molar refractivity (Wildman–Crippen MR) is 88.0 cm³/mol. The maximum absolute atomic E-state index is 13.3. The van der Waals surface area contributed by atoms with Crippen molar-refractivity contribution in [3.63, 3.8) is 0 Å². The van der Waals surface area contributed by atoms with Gasteiger partial charge in [-0.1, -0.05) is 10.6 Å². The Labute approximate surface area is 143 Å². The molecule has 2 heterocycles. The first kappa shape index (κ1) is 17.0. The Morgan fingerprint density at radius 1 is 1.38 bits per heavy atom. The smallest absolute Gasteiger partial charge is 0.267 e. The molecule has 7 heteroatoms. The van der Waals surface area contributed by atoms with Crippen LogP contribution in [0.25, 0.3) is 0 Å². The van der Waals surface area contributed by atoms with Crippen molar-refractivity contribution in [1.82, 2.24) is 14.5 Å². The van der Waals surface area contributed by atoms with Crippen LogP contribution in [0.15, 0.2) is 18.2 Å². The van der Waals surface area contributed by atoms with E-state index < -0.39 is 11.6 Å². The Kier molecular flexibility index (Phi) is 5.18. The van der Waals surface area contributed by atoms with Crippen LogP contribution < -0.4 is 0 Å². The van der Waals surface area contributed by atoms with Crippen LogP contribution in [0.2, 0.25) is 0 Å². The molecule has 1 aliphatic heterocycles. The SMILES string of the molecule is Cc1nnsc1C(=O)N1CCC[C@H](CCc2ccc(F)c(F)c2)C1. The number of piperidine rings is 1. The Balaban J connectivity index is 1.58. The van der Waals surface area contributed by atoms with E-state index in [1.54, 1.807) is 13.0 Å². The molecule has 1 atom stereocenters. The first-order chi connectivity index (χ1) is 11.5. The minimum Gasteiger partial charge on any atom is -0.338 e.